The van der Waals surface area contributed by atoms with Gasteiger partial charge in [0.1, 0.15) is 30.3 Å². The van der Waals surface area contributed by atoms with E-state index in [0.717, 1.165) is 54.8 Å². The maximum absolute atomic E-state index is 5.93. The molecule has 4 heterocycles. The number of ether oxygens (including phenoxy) is 1. The van der Waals surface area contributed by atoms with Gasteiger partial charge in [-0.25, -0.2) is 15.0 Å². The molecule has 0 aliphatic carbocycles. The summed E-state index contributed by atoms with van der Waals surface area (Å²) in [7, 11) is 1.01. The fourth-order valence-corrected chi connectivity index (χ4v) is 4.69. The minimum atomic E-state index is -1.08. The Bertz CT molecular complexity index is 1010. The number of hydrogen-bond acceptors (Lipinski definition) is 7. The molecule has 1 saturated heterocycles. The van der Waals surface area contributed by atoms with E-state index < -0.39 is 8.07 Å². The number of hydrogen-bond donors (Lipinski definition) is 1. The molecule has 9 heteroatoms. The fraction of sp³-hybridized carbons (Fsp3) is 0.500. The molecule has 3 aromatic heterocycles. The molecule has 0 spiro atoms. The average Bonchev–Trinajstić information content (AvgIpc) is 3.38. The van der Waals surface area contributed by atoms with Crippen molar-refractivity contribution in [3.63, 3.8) is 0 Å². The SMILES string of the molecule is CN(c1ccc(N)cn1)C1CCN(c2ncnc3c2ccn3COCC[Si](C)(C)C)C1. The molecule has 1 aliphatic heterocycles. The Labute approximate surface area is 185 Å². The van der Waals surface area contributed by atoms with Crippen LogP contribution in [0.25, 0.3) is 11.0 Å². The van der Waals surface area contributed by atoms with E-state index in [1.807, 2.05) is 12.1 Å². The van der Waals surface area contributed by atoms with Gasteiger partial charge in [-0.2, -0.15) is 0 Å². The first-order chi connectivity index (χ1) is 14.8. The van der Waals surface area contributed by atoms with Crippen LogP contribution in [0.5, 0.6) is 0 Å². The Kier molecular flexibility index (Phi) is 6.15. The van der Waals surface area contributed by atoms with E-state index in [2.05, 4.69) is 68.3 Å². The van der Waals surface area contributed by atoms with Crippen LogP contribution in [0.2, 0.25) is 25.7 Å². The van der Waals surface area contributed by atoms with Gasteiger partial charge in [0, 0.05) is 47.1 Å². The second kappa shape index (κ2) is 8.84. The Balaban J connectivity index is 1.44. The quantitative estimate of drug-likeness (QED) is 0.425. The first-order valence-electron chi connectivity index (χ1n) is 10.9. The number of aromatic nitrogens is 4. The summed E-state index contributed by atoms with van der Waals surface area (Å²) in [6.45, 7) is 10.3. The summed E-state index contributed by atoms with van der Waals surface area (Å²) in [5.74, 6) is 1.93. The average molecular weight is 440 g/mol. The number of pyridine rings is 1. The van der Waals surface area contributed by atoms with Crippen LogP contribution in [0.15, 0.2) is 36.9 Å². The second-order valence-corrected chi connectivity index (χ2v) is 15.1. The molecule has 8 nitrogen and oxygen atoms in total. The van der Waals surface area contributed by atoms with E-state index >= 15 is 0 Å². The molecule has 166 valence electrons. The number of nitrogens with zero attached hydrogens (tertiary/aromatic N) is 6. The van der Waals surface area contributed by atoms with E-state index in [4.69, 9.17) is 10.5 Å². The Morgan fingerprint density at radius 1 is 1.19 bits per heavy atom. The van der Waals surface area contributed by atoms with Gasteiger partial charge in [0.15, 0.2) is 0 Å². The van der Waals surface area contributed by atoms with Crippen molar-refractivity contribution >= 4 is 36.4 Å². The summed E-state index contributed by atoms with van der Waals surface area (Å²) < 4.78 is 8.01. The number of anilines is 3. The molecule has 3 aromatic rings. The van der Waals surface area contributed by atoms with Crippen molar-refractivity contribution in [2.45, 2.75) is 44.9 Å². The van der Waals surface area contributed by atoms with Gasteiger partial charge in [-0.3, -0.25) is 0 Å². The van der Waals surface area contributed by atoms with Crippen molar-refractivity contribution in [1.82, 2.24) is 19.5 Å². The van der Waals surface area contributed by atoms with Crippen LogP contribution in [0, 0.1) is 0 Å². The molecule has 1 unspecified atom stereocenters. The third-order valence-electron chi connectivity index (χ3n) is 5.90. The fourth-order valence-electron chi connectivity index (χ4n) is 3.93. The third kappa shape index (κ3) is 4.99. The van der Waals surface area contributed by atoms with E-state index in [1.165, 1.54) is 0 Å². The van der Waals surface area contributed by atoms with Crippen LogP contribution in [0.3, 0.4) is 0 Å². The van der Waals surface area contributed by atoms with Gasteiger partial charge in [-0.05, 0) is 30.7 Å². The molecular weight excluding hydrogens is 406 g/mol. The lowest BCUT2D eigenvalue weighted by molar-refractivity contribution is 0.0899. The summed E-state index contributed by atoms with van der Waals surface area (Å²) in [6.07, 6.45) is 6.47. The molecule has 2 N–H and O–H groups in total. The zero-order valence-corrected chi connectivity index (χ0v) is 20.0. The Morgan fingerprint density at radius 3 is 2.77 bits per heavy atom. The number of nitrogens with two attached hydrogens (primary N) is 1. The molecule has 1 aliphatic rings. The molecule has 31 heavy (non-hydrogen) atoms. The van der Waals surface area contributed by atoms with Gasteiger partial charge in [0.2, 0.25) is 0 Å². The largest absolute Gasteiger partial charge is 0.397 e. The van der Waals surface area contributed by atoms with Crippen LogP contribution in [-0.4, -0.2) is 60.4 Å². The second-order valence-electron chi connectivity index (χ2n) is 9.52. The molecule has 1 fully saturated rings. The summed E-state index contributed by atoms with van der Waals surface area (Å²) in [4.78, 5) is 18.2. The summed E-state index contributed by atoms with van der Waals surface area (Å²) in [5, 5.41) is 1.07. The highest BCUT2D eigenvalue weighted by Crippen LogP contribution is 2.29. The zero-order chi connectivity index (χ0) is 22.0. The van der Waals surface area contributed by atoms with Gasteiger partial charge < -0.3 is 24.8 Å². The van der Waals surface area contributed by atoms with Crippen molar-refractivity contribution in [2.75, 3.05) is 42.3 Å². The number of nitrogen functional groups attached to an aromatic ring is 1. The van der Waals surface area contributed by atoms with Crippen LogP contribution in [-0.2, 0) is 11.5 Å². The van der Waals surface area contributed by atoms with Crippen molar-refractivity contribution in [3.05, 3.63) is 36.9 Å². The maximum Gasteiger partial charge on any atom is 0.147 e. The predicted octanol–water partition coefficient (Wildman–Crippen LogP) is 3.44. The van der Waals surface area contributed by atoms with Gasteiger partial charge in [0.25, 0.3) is 0 Å². The maximum atomic E-state index is 5.93. The van der Waals surface area contributed by atoms with Gasteiger partial charge in [-0.1, -0.05) is 19.6 Å². The highest BCUT2D eigenvalue weighted by molar-refractivity contribution is 6.76. The van der Waals surface area contributed by atoms with E-state index in [0.29, 0.717) is 18.5 Å². The standard InChI is InChI=1S/C22H33N7OSi/c1-27(20-6-5-17(23)13-24-20)18-7-9-28(14-18)21-19-8-10-29(22(19)26-15-25-21)16-30-11-12-31(2,3)4/h5-6,8,10,13,15,18H,7,9,11-12,14,16,23H2,1-4H3. The predicted molar refractivity (Wildman–Crippen MR) is 129 cm³/mol. The van der Waals surface area contributed by atoms with Crippen LogP contribution >= 0.6 is 0 Å². The summed E-state index contributed by atoms with van der Waals surface area (Å²) in [6, 6.07) is 7.51. The number of fused-ring (bicyclic) bond motifs is 1. The van der Waals surface area contributed by atoms with Crippen molar-refractivity contribution in [2.24, 2.45) is 0 Å². The van der Waals surface area contributed by atoms with E-state index in [1.54, 1.807) is 12.5 Å². The lowest BCUT2D eigenvalue weighted by Gasteiger charge is -2.26. The molecule has 0 amide bonds. The van der Waals surface area contributed by atoms with Crippen LogP contribution in [0.4, 0.5) is 17.3 Å². The Hall–Kier alpha value is -2.65. The summed E-state index contributed by atoms with van der Waals surface area (Å²) in [5.41, 5.74) is 7.39. The molecule has 0 saturated carbocycles. The first kappa shape index (κ1) is 21.6. The number of rotatable bonds is 8. The van der Waals surface area contributed by atoms with Crippen molar-refractivity contribution < 1.29 is 4.74 Å². The molecule has 4 rings (SSSR count). The highest BCUT2D eigenvalue weighted by Gasteiger charge is 2.28. The lowest BCUT2D eigenvalue weighted by atomic mass is 10.2. The van der Waals surface area contributed by atoms with Crippen molar-refractivity contribution in [1.29, 1.82) is 0 Å². The monoisotopic (exact) mass is 439 g/mol. The van der Waals surface area contributed by atoms with Crippen molar-refractivity contribution in [3.8, 4) is 0 Å². The minimum absolute atomic E-state index is 0.369. The summed E-state index contributed by atoms with van der Waals surface area (Å²) >= 11 is 0. The van der Waals surface area contributed by atoms with Gasteiger partial charge >= 0.3 is 0 Å². The third-order valence-corrected chi connectivity index (χ3v) is 7.61. The molecule has 1 atom stereocenters. The van der Waals surface area contributed by atoms with Gasteiger partial charge in [0.05, 0.1) is 17.3 Å². The smallest absolute Gasteiger partial charge is 0.147 e. The Morgan fingerprint density at radius 2 is 2.03 bits per heavy atom. The van der Waals surface area contributed by atoms with E-state index in [9.17, 15) is 0 Å². The van der Waals surface area contributed by atoms with Gasteiger partial charge in [-0.15, -0.1) is 0 Å². The molecule has 0 aromatic carbocycles. The molecular formula is C22H33N7OSi. The molecule has 0 bridgehead atoms. The van der Waals surface area contributed by atoms with Crippen LogP contribution in [0.1, 0.15) is 6.42 Å². The normalized spacial score (nSPS) is 16.9. The minimum Gasteiger partial charge on any atom is -0.397 e. The number of likely N-dealkylation sites (N-methyl/N-ethyl adjacent to an activating group) is 1. The molecule has 0 radical (unpaired) electrons. The lowest BCUT2D eigenvalue weighted by Crippen LogP contribution is -2.35. The topological polar surface area (TPSA) is 85.3 Å². The highest BCUT2D eigenvalue weighted by atomic mass is 28.3. The first-order valence-corrected chi connectivity index (χ1v) is 14.6. The zero-order valence-electron chi connectivity index (χ0n) is 19.0. The van der Waals surface area contributed by atoms with E-state index in [-0.39, 0.29) is 0 Å². The van der Waals surface area contributed by atoms with Crippen LogP contribution < -0.4 is 15.5 Å².